The molecule has 12 heteroatoms. The number of aromatic nitrogens is 3. The summed E-state index contributed by atoms with van der Waals surface area (Å²) >= 11 is 0. The van der Waals surface area contributed by atoms with Crippen LogP contribution in [0.15, 0.2) is 58.3 Å². The van der Waals surface area contributed by atoms with Crippen LogP contribution in [-0.2, 0) is 20.0 Å². The number of sulfonamides is 1. The van der Waals surface area contributed by atoms with Crippen molar-refractivity contribution >= 4 is 31.7 Å². The lowest BCUT2D eigenvalue weighted by Crippen LogP contribution is -2.38. The van der Waals surface area contributed by atoms with Gasteiger partial charge in [-0.15, -0.1) is 9.19 Å². The molecule has 2 aliphatic heterocycles. The summed E-state index contributed by atoms with van der Waals surface area (Å²) in [6, 6.07) is 11.4. The molecular formula is C20H20FN5O4S2. The van der Waals surface area contributed by atoms with Crippen molar-refractivity contribution in [3.8, 4) is 0 Å². The third-order valence-electron chi connectivity index (χ3n) is 5.88. The molecular weight excluding hydrogens is 457 g/mol. The van der Waals surface area contributed by atoms with Crippen molar-refractivity contribution in [2.45, 2.75) is 28.6 Å². The number of hydrogen-bond donors (Lipinski definition) is 0. The van der Waals surface area contributed by atoms with E-state index >= 15 is 0 Å². The second-order valence-corrected chi connectivity index (χ2v) is 11.5. The zero-order chi connectivity index (χ0) is 22.7. The molecule has 3 heterocycles. The van der Waals surface area contributed by atoms with E-state index < -0.39 is 25.9 Å². The molecule has 0 saturated carbocycles. The molecule has 0 aliphatic carbocycles. The lowest BCUT2D eigenvalue weighted by Gasteiger charge is -2.29. The van der Waals surface area contributed by atoms with Crippen molar-refractivity contribution < 1.29 is 21.2 Å². The van der Waals surface area contributed by atoms with Gasteiger partial charge in [0.2, 0.25) is 16.0 Å². The number of anilines is 2. The maximum atomic E-state index is 13.2. The summed E-state index contributed by atoms with van der Waals surface area (Å²) in [5.74, 6) is -0.0962. The van der Waals surface area contributed by atoms with Crippen molar-refractivity contribution in [3.05, 3.63) is 60.2 Å². The molecule has 0 radical (unpaired) electrons. The van der Waals surface area contributed by atoms with Crippen molar-refractivity contribution in [2.75, 3.05) is 25.0 Å². The number of halogens is 1. The first-order valence-corrected chi connectivity index (χ1v) is 12.9. The lowest BCUT2D eigenvalue weighted by molar-refractivity contribution is 0.313. The van der Waals surface area contributed by atoms with Gasteiger partial charge in [-0.3, -0.25) is 0 Å². The number of para-hydroxylation sites is 1. The standard InChI is InChI=1S/C20H20FN5O4S2/c1-24-17-4-2-3-5-18(17)32(29,30)26-20(24)22-19(23-26)14-10-12-25(13-11-14)31(27,28)16-8-6-15(21)7-9-16/h2-9,14H,10-13H2,1H3. The Bertz CT molecular complexity index is 1400. The summed E-state index contributed by atoms with van der Waals surface area (Å²) in [4.78, 5) is 6.37. The van der Waals surface area contributed by atoms with Crippen LogP contribution in [0.1, 0.15) is 24.6 Å². The molecule has 168 valence electrons. The fourth-order valence-electron chi connectivity index (χ4n) is 4.11. The Morgan fingerprint density at radius 1 is 1.03 bits per heavy atom. The highest BCUT2D eigenvalue weighted by molar-refractivity contribution is 7.90. The Hall–Kier alpha value is -2.83. The molecule has 9 nitrogen and oxygen atoms in total. The van der Waals surface area contributed by atoms with Crippen LogP contribution in [-0.4, -0.2) is 55.4 Å². The van der Waals surface area contributed by atoms with Crippen LogP contribution in [0.2, 0.25) is 0 Å². The van der Waals surface area contributed by atoms with E-state index in [1.807, 2.05) is 0 Å². The molecule has 1 saturated heterocycles. The maximum absolute atomic E-state index is 13.2. The molecule has 0 N–H and O–H groups in total. The van der Waals surface area contributed by atoms with E-state index in [-0.39, 0.29) is 34.7 Å². The van der Waals surface area contributed by atoms with Gasteiger partial charge in [0.1, 0.15) is 10.7 Å². The fourth-order valence-corrected chi connectivity index (χ4v) is 7.05. The normalized spacial score (nSPS) is 18.9. The molecule has 0 spiro atoms. The van der Waals surface area contributed by atoms with Gasteiger partial charge in [-0.25, -0.2) is 12.8 Å². The maximum Gasteiger partial charge on any atom is 0.288 e. The van der Waals surface area contributed by atoms with Gasteiger partial charge >= 0.3 is 0 Å². The predicted molar refractivity (Wildman–Crippen MR) is 114 cm³/mol. The largest absolute Gasteiger partial charge is 0.312 e. The summed E-state index contributed by atoms with van der Waals surface area (Å²) in [6.45, 7) is 0.466. The number of nitrogens with zero attached hydrogens (tertiary/aromatic N) is 5. The third-order valence-corrected chi connectivity index (χ3v) is 9.40. The van der Waals surface area contributed by atoms with Gasteiger partial charge < -0.3 is 4.90 Å². The van der Waals surface area contributed by atoms with Crippen molar-refractivity contribution in [1.29, 1.82) is 0 Å². The molecule has 3 aromatic rings. The first-order chi connectivity index (χ1) is 15.2. The smallest absolute Gasteiger partial charge is 0.288 e. The van der Waals surface area contributed by atoms with Crippen LogP contribution >= 0.6 is 0 Å². The molecule has 32 heavy (non-hydrogen) atoms. The van der Waals surface area contributed by atoms with Crippen LogP contribution in [0, 0.1) is 5.82 Å². The van der Waals surface area contributed by atoms with E-state index in [2.05, 4.69) is 10.1 Å². The number of benzene rings is 2. The highest BCUT2D eigenvalue weighted by Crippen LogP contribution is 2.38. The Balaban J connectivity index is 1.39. The second-order valence-electron chi connectivity index (χ2n) is 7.78. The van der Waals surface area contributed by atoms with E-state index in [0.29, 0.717) is 24.4 Å². The summed E-state index contributed by atoms with van der Waals surface area (Å²) < 4.78 is 67.2. The van der Waals surface area contributed by atoms with Gasteiger partial charge in [0.25, 0.3) is 10.0 Å². The lowest BCUT2D eigenvalue weighted by atomic mass is 9.98. The molecule has 2 aliphatic rings. The zero-order valence-electron chi connectivity index (χ0n) is 17.1. The molecule has 0 bridgehead atoms. The minimum absolute atomic E-state index is 0.0402. The van der Waals surface area contributed by atoms with E-state index in [4.69, 9.17) is 0 Å². The third kappa shape index (κ3) is 3.21. The highest BCUT2D eigenvalue weighted by Gasteiger charge is 2.37. The molecule has 0 unspecified atom stereocenters. The molecule has 1 fully saturated rings. The van der Waals surface area contributed by atoms with Crippen molar-refractivity contribution in [1.82, 2.24) is 18.5 Å². The monoisotopic (exact) mass is 477 g/mol. The first-order valence-electron chi connectivity index (χ1n) is 10.0. The summed E-state index contributed by atoms with van der Waals surface area (Å²) in [6.07, 6.45) is 0.890. The molecule has 5 rings (SSSR count). The Labute approximate surface area is 185 Å². The quantitative estimate of drug-likeness (QED) is 0.570. The molecule has 1 aromatic heterocycles. The number of hydrogen-bond acceptors (Lipinski definition) is 7. The van der Waals surface area contributed by atoms with Crippen LogP contribution in [0.4, 0.5) is 16.0 Å². The molecule has 0 amide bonds. The van der Waals surface area contributed by atoms with Gasteiger partial charge in [-0.2, -0.15) is 17.7 Å². The summed E-state index contributed by atoms with van der Waals surface area (Å²) in [7, 11) is -5.86. The first kappa shape index (κ1) is 21.0. The number of rotatable bonds is 3. The predicted octanol–water partition coefficient (Wildman–Crippen LogP) is 2.30. The SMILES string of the molecule is CN1c2ccccc2S(=O)(=O)n2nc(C3CCN(S(=O)(=O)c4ccc(F)cc4)CC3)nc21. The zero-order valence-corrected chi connectivity index (χ0v) is 18.7. The van der Waals surface area contributed by atoms with Gasteiger partial charge in [-0.1, -0.05) is 12.1 Å². The van der Waals surface area contributed by atoms with E-state index in [1.54, 1.807) is 30.1 Å². The van der Waals surface area contributed by atoms with E-state index in [9.17, 15) is 21.2 Å². The van der Waals surface area contributed by atoms with Crippen LogP contribution in [0.3, 0.4) is 0 Å². The highest BCUT2D eigenvalue weighted by atomic mass is 32.2. The van der Waals surface area contributed by atoms with Crippen LogP contribution < -0.4 is 4.90 Å². The van der Waals surface area contributed by atoms with Crippen molar-refractivity contribution in [2.24, 2.45) is 0 Å². The Morgan fingerprint density at radius 2 is 1.69 bits per heavy atom. The van der Waals surface area contributed by atoms with Gasteiger partial charge in [-0.05, 0) is 49.2 Å². The van der Waals surface area contributed by atoms with Gasteiger partial charge in [0.15, 0.2) is 5.82 Å². The fraction of sp³-hybridized carbons (Fsp3) is 0.300. The Kier molecular flexibility index (Phi) is 4.84. The van der Waals surface area contributed by atoms with Gasteiger partial charge in [0, 0.05) is 26.1 Å². The van der Waals surface area contributed by atoms with Crippen molar-refractivity contribution in [3.63, 3.8) is 0 Å². The minimum atomic E-state index is -3.86. The second kappa shape index (κ2) is 7.36. The molecule has 0 atom stereocenters. The van der Waals surface area contributed by atoms with Gasteiger partial charge in [0.05, 0.1) is 10.6 Å². The number of fused-ring (bicyclic) bond motifs is 2. The van der Waals surface area contributed by atoms with E-state index in [1.165, 1.54) is 22.5 Å². The number of piperidine rings is 1. The van der Waals surface area contributed by atoms with E-state index in [0.717, 1.165) is 16.2 Å². The Morgan fingerprint density at radius 3 is 2.38 bits per heavy atom. The van der Waals surface area contributed by atoms with Crippen LogP contribution in [0.5, 0.6) is 0 Å². The average molecular weight is 478 g/mol. The molecule has 2 aromatic carbocycles. The summed E-state index contributed by atoms with van der Waals surface area (Å²) in [5.41, 5.74) is 0.527. The average Bonchev–Trinajstić information content (AvgIpc) is 3.25. The summed E-state index contributed by atoms with van der Waals surface area (Å²) in [5, 5.41) is 4.30. The minimum Gasteiger partial charge on any atom is -0.312 e. The van der Waals surface area contributed by atoms with Crippen LogP contribution in [0.25, 0.3) is 0 Å². The topological polar surface area (TPSA) is 105 Å².